The molecular weight excluding hydrogens is 196 g/mol. The Hall–Kier alpha value is -0.0800. The van der Waals surface area contributed by atoms with E-state index in [1.54, 1.807) is 0 Å². The summed E-state index contributed by atoms with van der Waals surface area (Å²) in [6.07, 6.45) is 2.75. The minimum Gasteiger partial charge on any atom is -0.316 e. The quantitative estimate of drug-likeness (QED) is 0.748. The van der Waals surface area contributed by atoms with Gasteiger partial charge < -0.3 is 10.6 Å². The van der Waals surface area contributed by atoms with Gasteiger partial charge in [-0.1, -0.05) is 27.7 Å². The fraction of sp³-hybridized carbons (Fsp3) is 1.00. The molecular formula is C14H28N2. The summed E-state index contributed by atoms with van der Waals surface area (Å²) in [5.41, 5.74) is 1.13. The molecule has 1 saturated carbocycles. The van der Waals surface area contributed by atoms with Gasteiger partial charge in [0.2, 0.25) is 0 Å². The molecule has 1 aliphatic heterocycles. The zero-order valence-electron chi connectivity index (χ0n) is 11.4. The van der Waals surface area contributed by atoms with Gasteiger partial charge in [0.25, 0.3) is 0 Å². The Labute approximate surface area is 101 Å². The number of hydrogen-bond acceptors (Lipinski definition) is 2. The maximum absolute atomic E-state index is 3.73. The van der Waals surface area contributed by atoms with Crippen LogP contribution in [-0.2, 0) is 0 Å². The van der Waals surface area contributed by atoms with Crippen molar-refractivity contribution in [2.24, 2.45) is 22.7 Å². The third kappa shape index (κ3) is 2.43. The third-order valence-electron chi connectivity index (χ3n) is 5.09. The molecule has 0 amide bonds. The maximum atomic E-state index is 3.73. The van der Waals surface area contributed by atoms with Gasteiger partial charge in [0.15, 0.2) is 0 Å². The topological polar surface area (TPSA) is 24.1 Å². The van der Waals surface area contributed by atoms with Crippen molar-refractivity contribution in [3.05, 3.63) is 0 Å². The highest BCUT2D eigenvalue weighted by molar-refractivity contribution is 4.97. The molecule has 2 N–H and O–H groups in total. The van der Waals surface area contributed by atoms with E-state index in [0.29, 0.717) is 10.8 Å². The fourth-order valence-corrected chi connectivity index (χ4v) is 3.03. The second-order valence-electron chi connectivity index (χ2n) is 6.96. The van der Waals surface area contributed by atoms with Crippen molar-refractivity contribution in [1.82, 2.24) is 10.6 Å². The van der Waals surface area contributed by atoms with Crippen LogP contribution in [-0.4, -0.2) is 26.2 Å². The summed E-state index contributed by atoms with van der Waals surface area (Å²) in [7, 11) is 0. The van der Waals surface area contributed by atoms with Crippen molar-refractivity contribution in [1.29, 1.82) is 0 Å². The van der Waals surface area contributed by atoms with Crippen molar-refractivity contribution >= 4 is 0 Å². The maximum Gasteiger partial charge on any atom is 0.00230 e. The van der Waals surface area contributed by atoms with Crippen molar-refractivity contribution in [2.45, 2.75) is 40.5 Å². The van der Waals surface area contributed by atoms with Crippen LogP contribution in [0.5, 0.6) is 0 Å². The fourth-order valence-electron chi connectivity index (χ4n) is 3.03. The van der Waals surface area contributed by atoms with Gasteiger partial charge in [0.05, 0.1) is 0 Å². The molecule has 1 aliphatic carbocycles. The molecule has 2 unspecified atom stereocenters. The Balaban J connectivity index is 1.75. The Bertz CT molecular complexity index is 239. The van der Waals surface area contributed by atoms with Gasteiger partial charge in [-0.15, -0.1) is 0 Å². The van der Waals surface area contributed by atoms with E-state index in [9.17, 15) is 0 Å². The first kappa shape index (κ1) is 12.4. The molecule has 0 spiro atoms. The molecule has 2 atom stereocenters. The van der Waals surface area contributed by atoms with Crippen molar-refractivity contribution < 1.29 is 0 Å². The van der Waals surface area contributed by atoms with E-state index >= 15 is 0 Å². The second-order valence-corrected chi connectivity index (χ2v) is 6.96. The predicted octanol–water partition coefficient (Wildman–Crippen LogP) is 2.26. The van der Waals surface area contributed by atoms with Crippen LogP contribution in [0.25, 0.3) is 0 Å². The van der Waals surface area contributed by atoms with Crippen LogP contribution in [0.4, 0.5) is 0 Å². The van der Waals surface area contributed by atoms with Crippen LogP contribution >= 0.6 is 0 Å². The number of hydrogen-bond donors (Lipinski definition) is 2. The van der Waals surface area contributed by atoms with Crippen LogP contribution in [0.1, 0.15) is 40.5 Å². The SMILES string of the molecule is CC(C)C1(CNCC2CC2(C)C)CCNC1. The Morgan fingerprint density at radius 1 is 1.38 bits per heavy atom. The monoisotopic (exact) mass is 224 g/mol. The summed E-state index contributed by atoms with van der Waals surface area (Å²) in [4.78, 5) is 0. The normalized spacial score (nSPS) is 36.9. The molecule has 16 heavy (non-hydrogen) atoms. The Morgan fingerprint density at radius 3 is 2.50 bits per heavy atom. The largest absolute Gasteiger partial charge is 0.316 e. The van der Waals surface area contributed by atoms with E-state index in [1.165, 1.54) is 39.0 Å². The minimum atomic E-state index is 0.513. The first-order valence-electron chi connectivity index (χ1n) is 6.88. The van der Waals surface area contributed by atoms with Gasteiger partial charge in [-0.3, -0.25) is 0 Å². The van der Waals surface area contributed by atoms with E-state index in [4.69, 9.17) is 0 Å². The lowest BCUT2D eigenvalue weighted by atomic mass is 9.76. The van der Waals surface area contributed by atoms with Gasteiger partial charge in [-0.25, -0.2) is 0 Å². The molecule has 1 saturated heterocycles. The molecule has 2 heteroatoms. The van der Waals surface area contributed by atoms with Crippen molar-refractivity contribution in [2.75, 3.05) is 26.2 Å². The van der Waals surface area contributed by atoms with Crippen LogP contribution in [0.2, 0.25) is 0 Å². The molecule has 1 heterocycles. The summed E-state index contributed by atoms with van der Waals surface area (Å²) >= 11 is 0. The van der Waals surface area contributed by atoms with E-state index in [2.05, 4.69) is 38.3 Å². The van der Waals surface area contributed by atoms with Gasteiger partial charge in [0, 0.05) is 13.1 Å². The van der Waals surface area contributed by atoms with Crippen LogP contribution in [0.15, 0.2) is 0 Å². The van der Waals surface area contributed by atoms with Gasteiger partial charge >= 0.3 is 0 Å². The molecule has 0 bridgehead atoms. The molecule has 0 radical (unpaired) electrons. The summed E-state index contributed by atoms with van der Waals surface area (Å²) in [6.45, 7) is 14.3. The molecule has 2 fully saturated rings. The molecule has 0 aromatic rings. The van der Waals surface area contributed by atoms with Crippen LogP contribution in [0, 0.1) is 22.7 Å². The second kappa shape index (κ2) is 4.30. The van der Waals surface area contributed by atoms with Gasteiger partial charge in [-0.2, -0.15) is 0 Å². The molecule has 0 aromatic heterocycles. The molecule has 2 rings (SSSR count). The highest BCUT2D eigenvalue weighted by Crippen LogP contribution is 2.51. The molecule has 94 valence electrons. The van der Waals surface area contributed by atoms with Gasteiger partial charge in [-0.05, 0) is 48.6 Å². The Kier molecular flexibility index (Phi) is 3.33. The molecule has 2 aliphatic rings. The lowest BCUT2D eigenvalue weighted by molar-refractivity contribution is 0.207. The highest BCUT2D eigenvalue weighted by atomic mass is 15.0. The van der Waals surface area contributed by atoms with Crippen LogP contribution < -0.4 is 10.6 Å². The smallest absolute Gasteiger partial charge is 0.00230 e. The lowest BCUT2D eigenvalue weighted by Gasteiger charge is -2.33. The minimum absolute atomic E-state index is 0.513. The summed E-state index contributed by atoms with van der Waals surface area (Å²) in [6, 6.07) is 0. The number of nitrogens with one attached hydrogen (secondary N) is 2. The number of rotatable bonds is 5. The standard InChI is InChI=1S/C14H28N2/c1-11(2)14(5-6-15-9-14)10-16-8-12-7-13(12,3)4/h11-12,15-16H,5-10H2,1-4H3. The van der Waals surface area contributed by atoms with Gasteiger partial charge in [0.1, 0.15) is 0 Å². The summed E-state index contributed by atoms with van der Waals surface area (Å²) < 4.78 is 0. The van der Waals surface area contributed by atoms with Crippen molar-refractivity contribution in [3.63, 3.8) is 0 Å². The zero-order valence-corrected chi connectivity index (χ0v) is 11.4. The third-order valence-corrected chi connectivity index (χ3v) is 5.09. The van der Waals surface area contributed by atoms with E-state index in [0.717, 1.165) is 11.8 Å². The summed E-state index contributed by atoms with van der Waals surface area (Å²) in [5, 5.41) is 7.25. The van der Waals surface area contributed by atoms with E-state index in [-0.39, 0.29) is 0 Å². The van der Waals surface area contributed by atoms with Crippen molar-refractivity contribution in [3.8, 4) is 0 Å². The first-order valence-corrected chi connectivity index (χ1v) is 6.88. The van der Waals surface area contributed by atoms with Crippen LogP contribution in [0.3, 0.4) is 0 Å². The summed E-state index contributed by atoms with van der Waals surface area (Å²) in [5.74, 6) is 1.70. The predicted molar refractivity (Wildman–Crippen MR) is 69.5 cm³/mol. The molecule has 2 nitrogen and oxygen atoms in total. The lowest BCUT2D eigenvalue weighted by Crippen LogP contribution is -2.41. The highest BCUT2D eigenvalue weighted by Gasteiger charge is 2.45. The van der Waals surface area contributed by atoms with E-state index in [1.807, 2.05) is 0 Å². The first-order chi connectivity index (χ1) is 7.46. The average Bonchev–Trinajstić information content (AvgIpc) is 2.66. The van der Waals surface area contributed by atoms with E-state index < -0.39 is 0 Å². The average molecular weight is 224 g/mol. The molecule has 0 aromatic carbocycles. The Morgan fingerprint density at radius 2 is 2.06 bits per heavy atom. The zero-order chi connectivity index (χ0) is 11.8.